The van der Waals surface area contributed by atoms with Crippen LogP contribution in [0.15, 0.2) is 42.7 Å². The van der Waals surface area contributed by atoms with Crippen molar-refractivity contribution in [2.24, 2.45) is 0 Å². The summed E-state index contributed by atoms with van der Waals surface area (Å²) in [6, 6.07) is 10.6. The fraction of sp³-hybridized carbons (Fsp3) is 0.500. The Balaban J connectivity index is 2.35. The fourth-order valence-electron chi connectivity index (χ4n) is 1.36. The topological polar surface area (TPSA) is 9.23 Å². The minimum atomic E-state index is -1.62. The van der Waals surface area contributed by atoms with Gasteiger partial charge >= 0.3 is 0 Å². The van der Waals surface area contributed by atoms with Gasteiger partial charge in [-0.15, -0.1) is 0 Å². The summed E-state index contributed by atoms with van der Waals surface area (Å²) in [6.07, 6.45) is 6.19. The van der Waals surface area contributed by atoms with E-state index in [-0.39, 0.29) is 5.04 Å². The number of hydrogen-bond donors (Lipinski definition) is 0. The zero-order valence-corrected chi connectivity index (χ0v) is 13.4. The van der Waals surface area contributed by atoms with Gasteiger partial charge in [0, 0.05) is 0 Å². The van der Waals surface area contributed by atoms with Gasteiger partial charge in [0.15, 0.2) is 0 Å². The van der Waals surface area contributed by atoms with Crippen LogP contribution in [0.25, 0.3) is 0 Å². The third kappa shape index (κ3) is 4.69. The maximum absolute atomic E-state index is 5.99. The molecule has 0 radical (unpaired) electrons. The van der Waals surface area contributed by atoms with Crippen molar-refractivity contribution in [3.05, 3.63) is 48.2 Å². The molecule has 1 nitrogen and oxygen atoms in total. The number of hydrogen-bond acceptors (Lipinski definition) is 1. The Kier molecular flexibility index (Phi) is 5.21. The molecule has 0 saturated carbocycles. The summed E-state index contributed by atoms with van der Waals surface area (Å²) < 4.78 is 5.99. The van der Waals surface area contributed by atoms with Crippen LogP contribution in [0.2, 0.25) is 18.1 Å². The number of rotatable bonds is 5. The van der Waals surface area contributed by atoms with Crippen LogP contribution in [0.5, 0.6) is 0 Å². The molecule has 0 fully saturated rings. The molecule has 0 amide bonds. The Hall–Kier alpha value is -1.02. The fourth-order valence-corrected chi connectivity index (χ4v) is 2.15. The Morgan fingerprint density at radius 3 is 2.28 bits per heavy atom. The van der Waals surface area contributed by atoms with Gasteiger partial charge in [-0.05, 0) is 36.5 Å². The third-order valence-electron chi connectivity index (χ3n) is 3.71. The Labute approximate surface area is 113 Å². The molecule has 0 atom stereocenters. The average Bonchev–Trinajstić information content (AvgIpc) is 2.28. The molecule has 0 N–H and O–H groups in total. The zero-order valence-electron chi connectivity index (χ0n) is 12.4. The normalized spacial score (nSPS) is 12.9. The second-order valence-corrected chi connectivity index (χ2v) is 11.0. The second-order valence-electron chi connectivity index (χ2n) is 6.27. The van der Waals surface area contributed by atoms with E-state index in [0.29, 0.717) is 0 Å². The van der Waals surface area contributed by atoms with Crippen molar-refractivity contribution >= 4 is 8.32 Å². The first kappa shape index (κ1) is 15.0. The molecular weight excluding hydrogens is 236 g/mol. The quantitative estimate of drug-likeness (QED) is 0.526. The number of aryl methyl sites for hydroxylation is 1. The van der Waals surface area contributed by atoms with Crippen LogP contribution < -0.4 is 0 Å². The lowest BCUT2D eigenvalue weighted by Crippen LogP contribution is -2.39. The maximum Gasteiger partial charge on any atom is 0.249 e. The summed E-state index contributed by atoms with van der Waals surface area (Å²) in [5.74, 6) is 0. The summed E-state index contributed by atoms with van der Waals surface area (Å²) in [4.78, 5) is 0. The van der Waals surface area contributed by atoms with Gasteiger partial charge in [-0.25, -0.2) is 0 Å². The molecule has 0 aliphatic carbocycles. The van der Waals surface area contributed by atoms with E-state index in [2.05, 4.69) is 70.3 Å². The largest absolute Gasteiger partial charge is 0.549 e. The Bertz CT molecular complexity index is 374. The highest BCUT2D eigenvalue weighted by molar-refractivity contribution is 6.74. The number of allylic oxidation sites excluding steroid dienone is 1. The average molecular weight is 262 g/mol. The lowest BCUT2D eigenvalue weighted by Gasteiger charge is -2.34. The SMILES string of the molecule is CC(C)(C)[Si](C)(C)O/C=C/CCc1ccccc1. The highest BCUT2D eigenvalue weighted by Gasteiger charge is 2.37. The molecule has 2 heteroatoms. The Morgan fingerprint density at radius 1 is 1.11 bits per heavy atom. The van der Waals surface area contributed by atoms with E-state index in [0.717, 1.165) is 12.8 Å². The summed E-state index contributed by atoms with van der Waals surface area (Å²) in [7, 11) is -1.62. The maximum atomic E-state index is 5.99. The van der Waals surface area contributed by atoms with E-state index in [9.17, 15) is 0 Å². The van der Waals surface area contributed by atoms with Gasteiger partial charge in [-0.2, -0.15) is 0 Å². The molecule has 0 spiro atoms. The minimum Gasteiger partial charge on any atom is -0.549 e. The van der Waals surface area contributed by atoms with Gasteiger partial charge < -0.3 is 4.43 Å². The van der Waals surface area contributed by atoms with Crippen molar-refractivity contribution < 1.29 is 4.43 Å². The van der Waals surface area contributed by atoms with Gasteiger partial charge in [-0.1, -0.05) is 57.2 Å². The summed E-state index contributed by atoms with van der Waals surface area (Å²) in [5, 5.41) is 0.275. The molecule has 1 aromatic rings. The smallest absolute Gasteiger partial charge is 0.249 e. The lowest BCUT2D eigenvalue weighted by molar-refractivity contribution is 0.428. The van der Waals surface area contributed by atoms with Crippen molar-refractivity contribution in [2.45, 2.75) is 51.7 Å². The van der Waals surface area contributed by atoms with E-state index >= 15 is 0 Å². The van der Waals surface area contributed by atoms with E-state index in [4.69, 9.17) is 4.43 Å². The van der Waals surface area contributed by atoms with E-state index in [1.54, 1.807) is 0 Å². The Morgan fingerprint density at radius 2 is 1.72 bits per heavy atom. The molecule has 18 heavy (non-hydrogen) atoms. The van der Waals surface area contributed by atoms with Gasteiger partial charge in [0.05, 0.1) is 6.26 Å². The molecule has 1 rings (SSSR count). The van der Waals surface area contributed by atoms with Gasteiger partial charge in [-0.3, -0.25) is 0 Å². The van der Waals surface area contributed by atoms with Crippen LogP contribution in [-0.2, 0) is 10.8 Å². The molecule has 0 saturated heterocycles. The van der Waals surface area contributed by atoms with Crippen LogP contribution in [0.4, 0.5) is 0 Å². The van der Waals surface area contributed by atoms with Gasteiger partial charge in [0.25, 0.3) is 0 Å². The van der Waals surface area contributed by atoms with E-state index in [1.165, 1.54) is 5.56 Å². The van der Waals surface area contributed by atoms with Crippen molar-refractivity contribution in [2.75, 3.05) is 0 Å². The molecule has 0 unspecified atom stereocenters. The predicted molar refractivity (Wildman–Crippen MR) is 82.2 cm³/mol. The van der Waals surface area contributed by atoms with Crippen molar-refractivity contribution in [3.63, 3.8) is 0 Å². The number of benzene rings is 1. The summed E-state index contributed by atoms with van der Waals surface area (Å²) in [6.45, 7) is 11.3. The summed E-state index contributed by atoms with van der Waals surface area (Å²) in [5.41, 5.74) is 1.38. The molecule has 100 valence electrons. The lowest BCUT2D eigenvalue weighted by atomic mass is 10.1. The van der Waals surface area contributed by atoms with Crippen LogP contribution >= 0.6 is 0 Å². The van der Waals surface area contributed by atoms with Crippen molar-refractivity contribution in [1.29, 1.82) is 0 Å². The molecule has 0 aliphatic rings. The molecule has 0 heterocycles. The first-order valence-corrected chi connectivity index (χ1v) is 9.60. The van der Waals surface area contributed by atoms with E-state index < -0.39 is 8.32 Å². The highest BCUT2D eigenvalue weighted by atomic mass is 28.4. The standard InChI is InChI=1S/C16H26OSi/c1-16(2,3)18(4,5)17-14-10-9-13-15-11-7-6-8-12-15/h6-8,10-12,14H,9,13H2,1-5H3/b14-10+. The first-order chi connectivity index (χ1) is 8.33. The highest BCUT2D eigenvalue weighted by Crippen LogP contribution is 2.36. The molecule has 0 aliphatic heterocycles. The second kappa shape index (κ2) is 6.23. The first-order valence-electron chi connectivity index (χ1n) is 6.70. The minimum absolute atomic E-state index is 0.275. The molecule has 1 aromatic carbocycles. The third-order valence-corrected chi connectivity index (χ3v) is 8.05. The van der Waals surface area contributed by atoms with Crippen molar-refractivity contribution in [1.82, 2.24) is 0 Å². The predicted octanol–water partition coefficient (Wildman–Crippen LogP) is 5.15. The zero-order chi connectivity index (χ0) is 13.6. The van der Waals surface area contributed by atoms with Gasteiger partial charge in [0.2, 0.25) is 8.32 Å². The summed E-state index contributed by atoms with van der Waals surface area (Å²) >= 11 is 0. The molecule has 0 bridgehead atoms. The molecular formula is C16H26OSi. The van der Waals surface area contributed by atoms with Crippen LogP contribution in [0.3, 0.4) is 0 Å². The van der Waals surface area contributed by atoms with Crippen LogP contribution in [0, 0.1) is 0 Å². The molecule has 0 aromatic heterocycles. The van der Waals surface area contributed by atoms with Crippen LogP contribution in [-0.4, -0.2) is 8.32 Å². The monoisotopic (exact) mass is 262 g/mol. The van der Waals surface area contributed by atoms with Gasteiger partial charge in [0.1, 0.15) is 0 Å². The van der Waals surface area contributed by atoms with Crippen molar-refractivity contribution in [3.8, 4) is 0 Å². The van der Waals surface area contributed by atoms with E-state index in [1.807, 2.05) is 6.26 Å². The van der Waals surface area contributed by atoms with Crippen LogP contribution in [0.1, 0.15) is 32.8 Å².